The lowest BCUT2D eigenvalue weighted by molar-refractivity contribution is 0.452. The molecular weight excluding hydrogens is 243 g/mol. The first-order valence-electron chi connectivity index (χ1n) is 5.88. The third-order valence-corrected chi connectivity index (χ3v) is 3.50. The maximum absolute atomic E-state index is 13.8. The van der Waals surface area contributed by atoms with Gasteiger partial charge in [-0.1, -0.05) is 6.07 Å². The predicted octanol–water partition coefficient (Wildman–Crippen LogP) is 1.91. The highest BCUT2D eigenvalue weighted by Crippen LogP contribution is 2.29. The first kappa shape index (κ1) is 13.2. The fourth-order valence-corrected chi connectivity index (χ4v) is 2.18. The number of hydrogen-bond acceptors (Lipinski definition) is 3. The quantitative estimate of drug-likeness (QED) is 0.915. The number of aromatic nitrogens is 2. The van der Waals surface area contributed by atoms with Gasteiger partial charge < -0.3 is 9.88 Å². The third-order valence-electron chi connectivity index (χ3n) is 3.50. The summed E-state index contributed by atoms with van der Waals surface area (Å²) in [6.45, 7) is 1.95. The predicted molar refractivity (Wildman–Crippen MR) is 69.8 cm³/mol. The van der Waals surface area contributed by atoms with Gasteiger partial charge in [-0.2, -0.15) is 5.26 Å². The summed E-state index contributed by atoms with van der Waals surface area (Å²) < 4.78 is 15.7. The molecule has 98 valence electrons. The lowest BCUT2D eigenvalue weighted by Gasteiger charge is -2.30. The summed E-state index contributed by atoms with van der Waals surface area (Å²) in [7, 11) is 3.70. The highest BCUT2D eigenvalue weighted by Gasteiger charge is 2.30. The minimum atomic E-state index is -0.569. The minimum Gasteiger partial charge on any atom is -0.336 e. The second-order valence-corrected chi connectivity index (χ2v) is 4.57. The number of rotatable bonds is 3. The largest absolute Gasteiger partial charge is 0.336 e. The molecule has 1 unspecified atom stereocenters. The number of benzene rings is 1. The molecule has 2 aromatic rings. The number of nitrogens with one attached hydrogen (secondary N) is 1. The highest BCUT2D eigenvalue weighted by molar-refractivity contribution is 5.39. The molecule has 1 N–H and O–H groups in total. The Hall–Kier alpha value is -2.19. The maximum Gasteiger partial charge on any atom is 0.141 e. The van der Waals surface area contributed by atoms with Gasteiger partial charge in [-0.3, -0.25) is 0 Å². The van der Waals surface area contributed by atoms with Crippen LogP contribution in [0.5, 0.6) is 0 Å². The number of nitriles is 1. The molecule has 0 fully saturated rings. The highest BCUT2D eigenvalue weighted by atomic mass is 19.1. The van der Waals surface area contributed by atoms with Crippen molar-refractivity contribution < 1.29 is 4.39 Å². The molecule has 0 saturated carbocycles. The molecule has 2 rings (SSSR count). The molecule has 4 nitrogen and oxygen atoms in total. The average Bonchev–Trinajstić information content (AvgIpc) is 2.84. The maximum atomic E-state index is 13.8. The number of hydrogen-bond donors (Lipinski definition) is 1. The van der Waals surface area contributed by atoms with Crippen molar-refractivity contribution in [2.24, 2.45) is 7.05 Å². The monoisotopic (exact) mass is 258 g/mol. The van der Waals surface area contributed by atoms with Gasteiger partial charge in [0.2, 0.25) is 0 Å². The van der Waals surface area contributed by atoms with E-state index in [2.05, 4.69) is 10.3 Å². The van der Waals surface area contributed by atoms with Gasteiger partial charge in [-0.05, 0) is 31.7 Å². The summed E-state index contributed by atoms with van der Waals surface area (Å²) in [4.78, 5) is 4.09. The first-order valence-corrected chi connectivity index (χ1v) is 5.88. The van der Waals surface area contributed by atoms with Gasteiger partial charge >= 0.3 is 0 Å². The molecule has 1 atom stereocenters. The Morgan fingerprint density at radius 1 is 1.47 bits per heavy atom. The van der Waals surface area contributed by atoms with E-state index in [-0.39, 0.29) is 5.56 Å². The Morgan fingerprint density at radius 2 is 2.21 bits per heavy atom. The molecule has 0 radical (unpaired) electrons. The fourth-order valence-electron chi connectivity index (χ4n) is 2.18. The van der Waals surface area contributed by atoms with Gasteiger partial charge in [0.05, 0.1) is 29.3 Å². The molecule has 1 heterocycles. The van der Waals surface area contributed by atoms with Crippen LogP contribution in [0.2, 0.25) is 0 Å². The van der Waals surface area contributed by atoms with Crippen molar-refractivity contribution in [3.63, 3.8) is 0 Å². The molecule has 0 saturated heterocycles. The zero-order chi connectivity index (χ0) is 14.0. The van der Waals surface area contributed by atoms with Gasteiger partial charge in [-0.15, -0.1) is 0 Å². The van der Waals surface area contributed by atoms with Crippen LogP contribution < -0.4 is 5.32 Å². The molecule has 1 aromatic heterocycles. The van der Waals surface area contributed by atoms with Crippen LogP contribution >= 0.6 is 0 Å². The van der Waals surface area contributed by atoms with Crippen molar-refractivity contribution in [2.75, 3.05) is 7.05 Å². The van der Waals surface area contributed by atoms with E-state index in [1.54, 1.807) is 18.6 Å². The van der Waals surface area contributed by atoms with Crippen LogP contribution in [0.25, 0.3) is 0 Å². The Bertz CT molecular complexity index is 641. The molecule has 0 aliphatic heterocycles. The van der Waals surface area contributed by atoms with Gasteiger partial charge in [0.15, 0.2) is 0 Å². The summed E-state index contributed by atoms with van der Waals surface area (Å²) in [5.74, 6) is -0.511. The van der Waals surface area contributed by atoms with E-state index in [1.165, 1.54) is 12.1 Å². The molecule has 0 amide bonds. The van der Waals surface area contributed by atoms with Gasteiger partial charge in [0, 0.05) is 7.05 Å². The van der Waals surface area contributed by atoms with Crippen molar-refractivity contribution in [3.05, 3.63) is 53.4 Å². The smallest absolute Gasteiger partial charge is 0.141 e. The lowest BCUT2D eigenvalue weighted by atomic mass is 9.88. The normalized spacial score (nSPS) is 13.8. The zero-order valence-corrected chi connectivity index (χ0v) is 11.1. The van der Waals surface area contributed by atoms with Crippen LogP contribution in [0.15, 0.2) is 30.7 Å². The Balaban J connectivity index is 2.57. The minimum absolute atomic E-state index is 0.0483. The zero-order valence-electron chi connectivity index (χ0n) is 11.1. The average molecular weight is 258 g/mol. The van der Waals surface area contributed by atoms with E-state index >= 15 is 0 Å². The lowest BCUT2D eigenvalue weighted by Crippen LogP contribution is -2.39. The van der Waals surface area contributed by atoms with Crippen molar-refractivity contribution >= 4 is 0 Å². The third kappa shape index (κ3) is 2.11. The van der Waals surface area contributed by atoms with Gasteiger partial charge in [-0.25, -0.2) is 9.37 Å². The van der Waals surface area contributed by atoms with E-state index < -0.39 is 11.4 Å². The summed E-state index contributed by atoms with van der Waals surface area (Å²) >= 11 is 0. The molecule has 19 heavy (non-hydrogen) atoms. The van der Waals surface area contributed by atoms with Crippen molar-refractivity contribution in [3.8, 4) is 6.07 Å². The van der Waals surface area contributed by atoms with Crippen LogP contribution in [0.3, 0.4) is 0 Å². The molecule has 0 aliphatic rings. The van der Waals surface area contributed by atoms with E-state index in [0.29, 0.717) is 0 Å². The fraction of sp³-hybridized carbons (Fsp3) is 0.286. The Morgan fingerprint density at radius 3 is 2.68 bits per heavy atom. The van der Waals surface area contributed by atoms with E-state index in [1.807, 2.05) is 31.7 Å². The molecule has 1 aromatic carbocycles. The summed E-state index contributed by atoms with van der Waals surface area (Å²) in [5.41, 5.74) is 1.14. The standard InChI is InChI=1S/C14H15FN4/c1-14(17-2,13-8-18-9-19(13)3)11-5-4-10(7-16)12(15)6-11/h4-6,8-9,17H,1-3H3. The van der Waals surface area contributed by atoms with E-state index in [9.17, 15) is 4.39 Å². The Labute approximate surface area is 111 Å². The topological polar surface area (TPSA) is 53.6 Å². The number of nitrogens with zero attached hydrogens (tertiary/aromatic N) is 3. The van der Waals surface area contributed by atoms with E-state index in [4.69, 9.17) is 5.26 Å². The summed E-state index contributed by atoms with van der Waals surface area (Å²) in [6, 6.07) is 6.47. The number of imidazole rings is 1. The van der Waals surface area contributed by atoms with Crippen LogP contribution in [0.4, 0.5) is 4.39 Å². The first-order chi connectivity index (χ1) is 9.02. The van der Waals surface area contributed by atoms with Crippen LogP contribution in [0.1, 0.15) is 23.7 Å². The summed E-state index contributed by atoms with van der Waals surface area (Å²) in [6.07, 6.45) is 3.44. The second-order valence-electron chi connectivity index (χ2n) is 4.57. The van der Waals surface area contributed by atoms with E-state index in [0.717, 1.165) is 11.3 Å². The SMILES string of the molecule is CNC(C)(c1ccc(C#N)c(F)c1)c1cncn1C. The van der Waals surface area contributed by atoms with Crippen molar-refractivity contribution in [2.45, 2.75) is 12.5 Å². The summed E-state index contributed by atoms with van der Waals surface area (Å²) in [5, 5.41) is 12.0. The molecule has 0 spiro atoms. The number of aryl methyl sites for hydroxylation is 1. The van der Waals surface area contributed by atoms with Gasteiger partial charge in [0.1, 0.15) is 11.9 Å². The molecule has 5 heteroatoms. The van der Waals surface area contributed by atoms with Crippen LogP contribution in [0, 0.1) is 17.1 Å². The number of halogens is 1. The second kappa shape index (κ2) is 4.82. The van der Waals surface area contributed by atoms with Crippen molar-refractivity contribution in [1.29, 1.82) is 5.26 Å². The van der Waals surface area contributed by atoms with Crippen LogP contribution in [-0.2, 0) is 12.6 Å². The molecular formula is C14H15FN4. The molecule has 0 aliphatic carbocycles. The molecule has 0 bridgehead atoms. The Kier molecular flexibility index (Phi) is 3.36. The van der Waals surface area contributed by atoms with Crippen LogP contribution in [-0.4, -0.2) is 16.6 Å². The van der Waals surface area contributed by atoms with Gasteiger partial charge in [0.25, 0.3) is 0 Å². The van der Waals surface area contributed by atoms with Crippen molar-refractivity contribution in [1.82, 2.24) is 14.9 Å².